The van der Waals surface area contributed by atoms with Crippen LogP contribution >= 0.6 is 0 Å². The molecule has 0 aliphatic carbocycles. The molecule has 0 saturated carbocycles. The second-order valence-corrected chi connectivity index (χ2v) is 4.79. The zero-order valence-electron chi connectivity index (χ0n) is 12.3. The van der Waals surface area contributed by atoms with Crippen molar-refractivity contribution in [2.45, 2.75) is 0 Å². The van der Waals surface area contributed by atoms with E-state index >= 15 is 0 Å². The van der Waals surface area contributed by atoms with Gasteiger partial charge in [0.15, 0.2) is 0 Å². The lowest BCUT2D eigenvalue weighted by atomic mass is 10.2. The Morgan fingerprint density at radius 1 is 0.955 bits per heavy atom. The van der Waals surface area contributed by atoms with Crippen molar-refractivity contribution in [3.63, 3.8) is 0 Å². The van der Waals surface area contributed by atoms with Crippen LogP contribution in [0.5, 0.6) is 5.75 Å². The second kappa shape index (κ2) is 6.18. The molecule has 0 atom stereocenters. The van der Waals surface area contributed by atoms with E-state index in [1.807, 2.05) is 71.6 Å². The second-order valence-electron chi connectivity index (χ2n) is 4.79. The molecule has 2 N–H and O–H groups in total. The van der Waals surface area contributed by atoms with Gasteiger partial charge in [-0.15, -0.1) is 0 Å². The van der Waals surface area contributed by atoms with E-state index in [1.54, 1.807) is 13.3 Å². The minimum Gasteiger partial charge on any atom is -0.495 e. The summed E-state index contributed by atoms with van der Waals surface area (Å²) in [6, 6.07) is 21.3. The summed E-state index contributed by atoms with van der Waals surface area (Å²) >= 11 is 0. The minimum atomic E-state index is 0.702. The fraction of sp³-hybridized carbons (Fsp3) is 0.0556. The molecule has 4 nitrogen and oxygen atoms in total. The molecule has 0 bridgehead atoms. The zero-order valence-corrected chi connectivity index (χ0v) is 12.3. The van der Waals surface area contributed by atoms with Gasteiger partial charge in [-0.2, -0.15) is 0 Å². The van der Waals surface area contributed by atoms with Gasteiger partial charge in [0.1, 0.15) is 11.6 Å². The lowest BCUT2D eigenvalue weighted by Gasteiger charge is -2.25. The van der Waals surface area contributed by atoms with E-state index in [-0.39, 0.29) is 0 Å². The van der Waals surface area contributed by atoms with Crippen molar-refractivity contribution < 1.29 is 4.74 Å². The molecular formula is C18H17N3O. The summed E-state index contributed by atoms with van der Waals surface area (Å²) in [4.78, 5) is 6.49. The molecule has 0 aliphatic rings. The lowest BCUT2D eigenvalue weighted by Crippen LogP contribution is -2.12. The third kappa shape index (κ3) is 2.72. The molecule has 0 fully saturated rings. The fourth-order valence-electron chi connectivity index (χ4n) is 2.36. The average molecular weight is 291 g/mol. The Morgan fingerprint density at radius 3 is 2.50 bits per heavy atom. The summed E-state index contributed by atoms with van der Waals surface area (Å²) in [6.07, 6.45) is 1.77. The third-order valence-electron chi connectivity index (χ3n) is 3.33. The van der Waals surface area contributed by atoms with Crippen molar-refractivity contribution in [3.05, 3.63) is 72.9 Å². The van der Waals surface area contributed by atoms with Crippen LogP contribution in [0, 0.1) is 0 Å². The average Bonchev–Trinajstić information content (AvgIpc) is 2.57. The van der Waals surface area contributed by atoms with Crippen molar-refractivity contribution in [2.75, 3.05) is 17.7 Å². The first-order chi connectivity index (χ1) is 10.8. The van der Waals surface area contributed by atoms with Crippen molar-refractivity contribution >= 4 is 22.9 Å². The zero-order chi connectivity index (χ0) is 15.4. The highest BCUT2D eigenvalue weighted by Crippen LogP contribution is 2.39. The molecule has 3 rings (SSSR count). The van der Waals surface area contributed by atoms with E-state index in [9.17, 15) is 0 Å². The topological polar surface area (TPSA) is 51.4 Å². The van der Waals surface area contributed by atoms with Gasteiger partial charge in [0.05, 0.1) is 12.8 Å². The molecule has 0 aliphatic heterocycles. The van der Waals surface area contributed by atoms with Gasteiger partial charge in [-0.25, -0.2) is 4.98 Å². The van der Waals surface area contributed by atoms with Crippen LogP contribution in [0.15, 0.2) is 72.9 Å². The molecule has 0 amide bonds. The monoisotopic (exact) mass is 291 g/mol. The van der Waals surface area contributed by atoms with E-state index in [0.29, 0.717) is 5.69 Å². The molecule has 0 unspecified atom stereocenters. The van der Waals surface area contributed by atoms with Crippen LogP contribution in [0.1, 0.15) is 0 Å². The number of pyridine rings is 1. The van der Waals surface area contributed by atoms with E-state index in [4.69, 9.17) is 10.5 Å². The molecule has 4 heteroatoms. The number of rotatable bonds is 4. The fourth-order valence-corrected chi connectivity index (χ4v) is 2.36. The molecule has 2 aromatic carbocycles. The Hall–Kier alpha value is -3.01. The van der Waals surface area contributed by atoms with E-state index in [2.05, 4.69) is 4.98 Å². The number of hydrogen-bond donors (Lipinski definition) is 1. The minimum absolute atomic E-state index is 0.702. The van der Waals surface area contributed by atoms with E-state index < -0.39 is 0 Å². The number of aromatic nitrogens is 1. The number of anilines is 4. The van der Waals surface area contributed by atoms with Gasteiger partial charge in [0.25, 0.3) is 0 Å². The lowest BCUT2D eigenvalue weighted by molar-refractivity contribution is 0.416. The highest BCUT2D eigenvalue weighted by Gasteiger charge is 2.17. The molecule has 110 valence electrons. The summed E-state index contributed by atoms with van der Waals surface area (Å²) in [5.74, 6) is 1.58. The van der Waals surface area contributed by atoms with Crippen molar-refractivity contribution in [1.82, 2.24) is 4.98 Å². The number of hydrogen-bond acceptors (Lipinski definition) is 4. The molecule has 3 aromatic rings. The van der Waals surface area contributed by atoms with Crippen molar-refractivity contribution in [1.29, 1.82) is 0 Å². The van der Waals surface area contributed by atoms with Crippen molar-refractivity contribution in [3.8, 4) is 5.75 Å². The number of benzene rings is 2. The number of nitrogens with two attached hydrogens (primary N) is 1. The number of ether oxygens (including phenoxy) is 1. The number of nitrogen functional groups attached to an aromatic ring is 1. The van der Waals surface area contributed by atoms with Gasteiger partial charge in [-0.05, 0) is 42.5 Å². The number of nitrogens with zero attached hydrogens (tertiary/aromatic N) is 2. The first-order valence-electron chi connectivity index (χ1n) is 6.99. The Labute approximate surface area is 129 Å². The Bertz CT molecular complexity index is 759. The Kier molecular flexibility index (Phi) is 3.92. The maximum atomic E-state index is 5.94. The first-order valence-corrected chi connectivity index (χ1v) is 6.99. The van der Waals surface area contributed by atoms with Gasteiger partial charge in [0, 0.05) is 17.6 Å². The molecule has 22 heavy (non-hydrogen) atoms. The Morgan fingerprint density at radius 2 is 1.77 bits per heavy atom. The summed E-state index contributed by atoms with van der Waals surface area (Å²) in [5, 5.41) is 0. The highest BCUT2D eigenvalue weighted by atomic mass is 16.5. The number of methoxy groups -OCH3 is 1. The third-order valence-corrected chi connectivity index (χ3v) is 3.33. The van der Waals surface area contributed by atoms with E-state index in [0.717, 1.165) is 22.9 Å². The molecule has 1 aromatic heterocycles. The molecule has 0 saturated heterocycles. The largest absolute Gasteiger partial charge is 0.495 e. The molecule has 0 radical (unpaired) electrons. The van der Waals surface area contributed by atoms with Gasteiger partial charge in [0.2, 0.25) is 0 Å². The van der Waals surface area contributed by atoms with Gasteiger partial charge < -0.3 is 10.5 Å². The number of para-hydroxylation sites is 2. The Balaban J connectivity index is 2.19. The maximum Gasteiger partial charge on any atom is 0.142 e. The SMILES string of the molecule is COc1ccccc1N(c1cccc(N)c1)c1ccccn1. The highest BCUT2D eigenvalue weighted by molar-refractivity contribution is 5.79. The summed E-state index contributed by atoms with van der Waals surface area (Å²) < 4.78 is 5.50. The summed E-state index contributed by atoms with van der Waals surface area (Å²) in [5.41, 5.74) is 8.49. The van der Waals surface area contributed by atoms with Crippen LogP contribution in [0.3, 0.4) is 0 Å². The summed E-state index contributed by atoms with van der Waals surface area (Å²) in [6.45, 7) is 0. The molecule has 1 heterocycles. The van der Waals surface area contributed by atoms with Gasteiger partial charge in [-0.1, -0.05) is 24.3 Å². The summed E-state index contributed by atoms with van der Waals surface area (Å²) in [7, 11) is 1.66. The normalized spacial score (nSPS) is 10.2. The van der Waals surface area contributed by atoms with Gasteiger partial charge in [-0.3, -0.25) is 4.90 Å². The predicted octanol–water partition coefficient (Wildman–Crippen LogP) is 4.14. The van der Waals surface area contributed by atoms with Crippen LogP contribution in [0.2, 0.25) is 0 Å². The van der Waals surface area contributed by atoms with Crippen LogP contribution in [-0.4, -0.2) is 12.1 Å². The first kappa shape index (κ1) is 13.9. The van der Waals surface area contributed by atoms with Crippen molar-refractivity contribution in [2.24, 2.45) is 0 Å². The van der Waals surface area contributed by atoms with E-state index in [1.165, 1.54) is 0 Å². The van der Waals surface area contributed by atoms with Crippen LogP contribution in [-0.2, 0) is 0 Å². The molecule has 0 spiro atoms. The standard InChI is InChI=1S/C18H17N3O/c1-22-17-10-3-2-9-16(17)21(18-11-4-5-12-20-18)15-8-6-7-14(19)13-15/h2-13H,19H2,1H3. The van der Waals surface area contributed by atoms with Crippen LogP contribution in [0.25, 0.3) is 0 Å². The maximum absolute atomic E-state index is 5.94. The quantitative estimate of drug-likeness (QED) is 0.734. The van der Waals surface area contributed by atoms with Crippen LogP contribution in [0.4, 0.5) is 22.9 Å². The molecular weight excluding hydrogens is 274 g/mol. The van der Waals surface area contributed by atoms with Gasteiger partial charge >= 0.3 is 0 Å². The predicted molar refractivity (Wildman–Crippen MR) is 89.9 cm³/mol. The van der Waals surface area contributed by atoms with Crippen LogP contribution < -0.4 is 15.4 Å². The smallest absolute Gasteiger partial charge is 0.142 e.